The van der Waals surface area contributed by atoms with Crippen LogP contribution in [0.3, 0.4) is 0 Å². The molecule has 0 aliphatic carbocycles. The lowest BCUT2D eigenvalue weighted by molar-refractivity contribution is -0.346. The molecule has 0 amide bonds. The molecule has 21 nitrogen and oxygen atoms in total. The third kappa shape index (κ3) is 19.0. The third-order valence-corrected chi connectivity index (χ3v) is 14.3. The quantitative estimate of drug-likeness (QED) is 0.0913. The van der Waals surface area contributed by atoms with E-state index in [0.717, 1.165) is 5.56 Å². The van der Waals surface area contributed by atoms with Crippen molar-refractivity contribution in [3.8, 4) is 0 Å². The third-order valence-electron chi connectivity index (χ3n) is 14.3. The molecule has 1 aromatic rings. The molecule has 0 bridgehead atoms. The van der Waals surface area contributed by atoms with Gasteiger partial charge in [-0.25, -0.2) is 0 Å². The summed E-state index contributed by atoms with van der Waals surface area (Å²) in [5.41, 5.74) is -0.235. The normalized spacial score (nSPS) is 33.3. The van der Waals surface area contributed by atoms with E-state index in [-0.39, 0.29) is 38.0 Å². The summed E-state index contributed by atoms with van der Waals surface area (Å²) in [4.78, 5) is 82.9. The SMILES string of the molecule is CCC(=O)O[C@@H]1CC(=O)O[C@H](C)CCN(CCc2ccccc2)C[C@H](OC(C)=O)[C@H](C)C[C@H](CC(OC)OC)[C@H](O[C@@H]2O[C@H](C)[C@@H](O[C@H]3C[C@@](C)(OC(C)=O)[C@@H](OC(=O)CC)[C@H](C)O3)[C@H](N(C)C)[C@H]2OC(C)=O)[C@H]1OC. The van der Waals surface area contributed by atoms with E-state index in [1.807, 2.05) is 30.0 Å². The highest BCUT2D eigenvalue weighted by atomic mass is 16.7. The first-order chi connectivity index (χ1) is 35.9. The highest BCUT2D eigenvalue weighted by molar-refractivity contribution is 5.73. The van der Waals surface area contributed by atoms with Crippen LogP contribution in [0.25, 0.3) is 0 Å². The van der Waals surface area contributed by atoms with Crippen molar-refractivity contribution in [3.05, 3.63) is 35.9 Å². The number of hydrogen-bond donors (Lipinski definition) is 0. The van der Waals surface area contributed by atoms with Crippen molar-refractivity contribution >= 4 is 35.8 Å². The van der Waals surface area contributed by atoms with Crippen LogP contribution in [-0.2, 0) is 96.8 Å². The second kappa shape index (κ2) is 30.7. The monoisotopic (exact) mass is 1080 g/mol. The maximum atomic E-state index is 14.1. The van der Waals surface area contributed by atoms with Crippen LogP contribution in [0.5, 0.6) is 0 Å². The van der Waals surface area contributed by atoms with Crippen LogP contribution in [0.2, 0.25) is 0 Å². The number of esters is 6. The van der Waals surface area contributed by atoms with Crippen LogP contribution in [-0.4, -0.2) is 192 Å². The van der Waals surface area contributed by atoms with Gasteiger partial charge in [0.15, 0.2) is 36.7 Å². The molecule has 21 heteroatoms. The van der Waals surface area contributed by atoms with Crippen molar-refractivity contribution < 1.29 is 90.3 Å². The van der Waals surface area contributed by atoms with E-state index in [1.165, 1.54) is 42.1 Å². The van der Waals surface area contributed by atoms with Crippen LogP contribution in [0, 0.1) is 11.8 Å². The molecule has 16 atom stereocenters. The Morgan fingerprint density at radius 1 is 0.776 bits per heavy atom. The maximum absolute atomic E-state index is 14.1. The molecule has 0 unspecified atom stereocenters. The largest absolute Gasteiger partial charge is 0.463 e. The molecule has 3 aliphatic heterocycles. The van der Waals surface area contributed by atoms with Crippen LogP contribution < -0.4 is 0 Å². The van der Waals surface area contributed by atoms with Crippen molar-refractivity contribution in [1.29, 1.82) is 0 Å². The number of nitrogens with zero attached hydrogens (tertiary/aromatic N) is 2. The van der Waals surface area contributed by atoms with E-state index in [0.29, 0.717) is 32.5 Å². The first kappa shape index (κ1) is 64.2. The minimum atomic E-state index is -1.39. The van der Waals surface area contributed by atoms with Gasteiger partial charge in [0.25, 0.3) is 0 Å². The second-order valence-electron chi connectivity index (χ2n) is 20.8. The second-order valence-corrected chi connectivity index (χ2v) is 20.8. The zero-order valence-electron chi connectivity index (χ0n) is 47.6. The lowest BCUT2D eigenvalue weighted by atomic mass is 9.81. The lowest BCUT2D eigenvalue weighted by Gasteiger charge is -2.51. The number of rotatable bonds is 20. The maximum Gasteiger partial charge on any atom is 0.309 e. The summed E-state index contributed by atoms with van der Waals surface area (Å²) in [5, 5.41) is 0. The summed E-state index contributed by atoms with van der Waals surface area (Å²) in [6.45, 7) is 17.5. The fourth-order valence-corrected chi connectivity index (χ4v) is 10.6. The van der Waals surface area contributed by atoms with Gasteiger partial charge in [0.05, 0.1) is 30.8 Å². The molecule has 3 heterocycles. The van der Waals surface area contributed by atoms with Gasteiger partial charge >= 0.3 is 35.8 Å². The molecular weight excluding hydrogens is 993 g/mol. The van der Waals surface area contributed by atoms with Gasteiger partial charge in [0.2, 0.25) is 0 Å². The minimum Gasteiger partial charge on any atom is -0.463 e. The average molecular weight is 1080 g/mol. The van der Waals surface area contributed by atoms with Crippen molar-refractivity contribution in [1.82, 2.24) is 9.80 Å². The van der Waals surface area contributed by atoms with Gasteiger partial charge in [-0.15, -0.1) is 0 Å². The van der Waals surface area contributed by atoms with Crippen LogP contribution in [0.15, 0.2) is 30.3 Å². The minimum absolute atomic E-state index is 0.0274. The Morgan fingerprint density at radius 2 is 1.42 bits per heavy atom. The Morgan fingerprint density at radius 3 is 2.00 bits per heavy atom. The highest BCUT2D eigenvalue weighted by Gasteiger charge is 2.56. The van der Waals surface area contributed by atoms with Gasteiger partial charge in [0.1, 0.15) is 30.5 Å². The van der Waals surface area contributed by atoms with Gasteiger partial charge < -0.3 is 66.5 Å². The number of likely N-dealkylation sites (N-methyl/N-ethyl adjacent to an activating group) is 1. The number of hydrogen-bond acceptors (Lipinski definition) is 21. The van der Waals surface area contributed by atoms with E-state index in [4.69, 9.17) is 61.6 Å². The van der Waals surface area contributed by atoms with E-state index >= 15 is 0 Å². The molecule has 3 saturated heterocycles. The molecule has 0 saturated carbocycles. The predicted octanol–water partition coefficient (Wildman–Crippen LogP) is 5.33. The van der Waals surface area contributed by atoms with Gasteiger partial charge in [-0.3, -0.25) is 33.7 Å². The Bertz CT molecular complexity index is 1990. The van der Waals surface area contributed by atoms with Gasteiger partial charge in [-0.05, 0) is 78.5 Å². The number of ether oxygens (including phenoxy) is 13. The number of carbonyl (C=O) groups is 6. The topological polar surface area (TPSA) is 229 Å². The van der Waals surface area contributed by atoms with Crippen LogP contribution in [0.4, 0.5) is 0 Å². The molecule has 1 aromatic carbocycles. The molecule has 0 spiro atoms. The molecule has 3 aliphatic rings. The number of benzene rings is 1. The van der Waals surface area contributed by atoms with E-state index in [2.05, 4.69) is 17.0 Å². The zero-order chi connectivity index (χ0) is 56.4. The molecule has 0 radical (unpaired) electrons. The molecule has 0 aromatic heterocycles. The summed E-state index contributed by atoms with van der Waals surface area (Å²) in [6, 6.07) is 9.22. The summed E-state index contributed by atoms with van der Waals surface area (Å²) in [7, 11) is 7.96. The molecule has 3 fully saturated rings. The van der Waals surface area contributed by atoms with Gasteiger partial charge in [-0.2, -0.15) is 0 Å². The van der Waals surface area contributed by atoms with E-state index < -0.39 is 140 Å². The van der Waals surface area contributed by atoms with E-state index in [9.17, 15) is 28.8 Å². The van der Waals surface area contributed by atoms with Crippen molar-refractivity contribution in [2.45, 2.75) is 212 Å². The van der Waals surface area contributed by atoms with E-state index in [1.54, 1.807) is 55.6 Å². The average Bonchev–Trinajstić information content (AvgIpc) is 3.34. The number of methoxy groups -OCH3 is 3. The smallest absolute Gasteiger partial charge is 0.309 e. The number of carbonyl (C=O) groups excluding carboxylic acids is 6. The van der Waals surface area contributed by atoms with Crippen LogP contribution >= 0.6 is 0 Å². The molecule has 0 N–H and O–H groups in total. The van der Waals surface area contributed by atoms with Crippen molar-refractivity contribution in [2.75, 3.05) is 55.1 Å². The molecule has 432 valence electrons. The molecule has 76 heavy (non-hydrogen) atoms. The summed E-state index contributed by atoms with van der Waals surface area (Å²) >= 11 is 0. The predicted molar refractivity (Wildman–Crippen MR) is 274 cm³/mol. The first-order valence-electron chi connectivity index (χ1n) is 26.7. The highest BCUT2D eigenvalue weighted by Crippen LogP contribution is 2.40. The summed E-state index contributed by atoms with van der Waals surface area (Å²) in [6.07, 6.45) is -11.8. The van der Waals surface area contributed by atoms with Crippen LogP contribution in [0.1, 0.15) is 120 Å². The van der Waals surface area contributed by atoms with Gasteiger partial charge in [-0.1, -0.05) is 51.1 Å². The fraction of sp³-hybridized carbons (Fsp3) is 0.782. The Hall–Kier alpha value is -4.32. The Labute approximate surface area is 449 Å². The molecular formula is C55H88N2O19. The fourth-order valence-electron chi connectivity index (χ4n) is 10.6. The zero-order valence-corrected chi connectivity index (χ0v) is 47.6. The Balaban J connectivity index is 1.87. The molecule has 4 rings (SSSR count). The summed E-state index contributed by atoms with van der Waals surface area (Å²) < 4.78 is 81.2. The standard InChI is InChI=1S/C55H88N2O19/c1-16-43(61)72-41-29-45(63)67-33(4)23-25-57(26-24-39-21-19-18-20-22-39)31-42(70-36(7)58)32(3)27-40(28-46(64-13)65-14)50(51(41)66-15)75-54-52(71-37(8)59)48(56(11)12)49(34(5)69-54)74-47-30-55(10,76-38(9)60)53(35(6)68-47)73-44(62)17-2/h18-22,32-35,40-42,46-54H,16-17,23-31H2,1-15H3/t32-,33-,34-,35+,40-,41-,42+,47+,48+,49-,50+,51+,52-,53+,54+,55-/m1/s1. The van der Waals surface area contributed by atoms with Gasteiger partial charge in [0, 0.05) is 87.4 Å². The van der Waals surface area contributed by atoms with Crippen molar-refractivity contribution in [2.24, 2.45) is 11.8 Å². The number of cyclic esters (lactones) is 1. The summed E-state index contributed by atoms with van der Waals surface area (Å²) in [5.74, 6) is -4.56. The lowest BCUT2D eigenvalue weighted by Crippen LogP contribution is -2.67. The Kier molecular flexibility index (Phi) is 26.0. The first-order valence-corrected chi connectivity index (χ1v) is 26.7. The van der Waals surface area contributed by atoms with Crippen molar-refractivity contribution in [3.63, 3.8) is 0 Å².